The molecule has 0 aliphatic heterocycles. The molecule has 9 atom stereocenters. The predicted molar refractivity (Wildman–Crippen MR) is 171 cm³/mol. The van der Waals surface area contributed by atoms with Crippen LogP contribution < -0.4 is 0 Å². The second kappa shape index (κ2) is 21.7. The van der Waals surface area contributed by atoms with Crippen LogP contribution in [0.3, 0.4) is 0 Å². The Morgan fingerprint density at radius 1 is 0.588 bits per heavy atom. The van der Waals surface area contributed by atoms with Crippen LogP contribution >= 0.6 is 0 Å². The van der Waals surface area contributed by atoms with Crippen molar-refractivity contribution < 1.29 is 67.5 Å². The number of nitro groups is 3. The molecule has 0 spiro atoms. The molecule has 0 bridgehead atoms. The second-order valence-corrected chi connectivity index (χ2v) is 11.0. The van der Waals surface area contributed by atoms with E-state index in [1.54, 1.807) is 39.0 Å². The Bertz CT molecular complexity index is 1290. The van der Waals surface area contributed by atoms with Gasteiger partial charge in [0.15, 0.2) is 12.2 Å². The fourth-order valence-corrected chi connectivity index (χ4v) is 5.40. The summed E-state index contributed by atoms with van der Waals surface area (Å²) in [4.78, 5) is 87.4. The van der Waals surface area contributed by atoms with E-state index in [0.717, 1.165) is 0 Å². The maximum atomic E-state index is 11.6. The number of esters is 5. The molecule has 0 aromatic carbocycles. The van der Waals surface area contributed by atoms with Crippen molar-refractivity contribution in [2.24, 2.45) is 17.8 Å². The predicted octanol–water partition coefficient (Wildman–Crippen LogP) is 1.54. The Balaban J connectivity index is 0.000000384. The van der Waals surface area contributed by atoms with Gasteiger partial charge in [0.25, 0.3) is 18.1 Å². The van der Waals surface area contributed by atoms with Gasteiger partial charge in [0.2, 0.25) is 0 Å². The van der Waals surface area contributed by atoms with Crippen LogP contribution in [0.2, 0.25) is 0 Å². The van der Waals surface area contributed by atoms with E-state index in [1.165, 1.54) is 32.1 Å². The summed E-state index contributed by atoms with van der Waals surface area (Å²) in [6.45, 7) is 7.71. The Labute approximate surface area is 292 Å². The third-order valence-corrected chi connectivity index (χ3v) is 7.52. The summed E-state index contributed by atoms with van der Waals surface area (Å²) in [5.74, 6) is -5.88. The van der Waals surface area contributed by atoms with E-state index in [4.69, 9.17) is 23.7 Å². The molecule has 0 heterocycles. The number of rotatable bonds is 11. The van der Waals surface area contributed by atoms with E-state index in [0.29, 0.717) is 0 Å². The van der Waals surface area contributed by atoms with Crippen LogP contribution in [0.25, 0.3) is 0 Å². The quantitative estimate of drug-likeness (QED) is 0.104. The molecule has 284 valence electrons. The average Bonchev–Trinajstić information content (AvgIpc) is 3.04. The summed E-state index contributed by atoms with van der Waals surface area (Å²) in [6.07, 6.45) is 6.34. The van der Waals surface area contributed by atoms with E-state index in [1.807, 2.05) is 0 Å². The fraction of sp³-hybridized carbons (Fsp3) is 0.645. The number of aliphatic hydroxyl groups is 1. The van der Waals surface area contributed by atoms with Gasteiger partial charge in [0.05, 0.1) is 19.8 Å². The third-order valence-electron chi connectivity index (χ3n) is 7.52. The van der Waals surface area contributed by atoms with Crippen molar-refractivity contribution in [2.45, 2.75) is 90.3 Å². The molecule has 51 heavy (non-hydrogen) atoms. The smallest absolute Gasteiger partial charge is 0.316 e. The first-order chi connectivity index (χ1) is 24.0. The van der Waals surface area contributed by atoms with E-state index in [9.17, 15) is 59.4 Å². The van der Waals surface area contributed by atoms with Gasteiger partial charge in [0, 0.05) is 28.6 Å². The maximum Gasteiger partial charge on any atom is 0.316 e. The lowest BCUT2D eigenvalue weighted by Gasteiger charge is -2.26. The molecule has 0 saturated heterocycles. The monoisotopic (exact) mass is 729 g/mol. The molecule has 0 unspecified atom stereocenters. The number of allylic oxidation sites excluding steroid dienone is 3. The molecule has 0 amide bonds. The number of carbonyl (C=O) groups excluding carboxylic acids is 5. The van der Waals surface area contributed by atoms with Crippen LogP contribution in [0.5, 0.6) is 0 Å². The van der Waals surface area contributed by atoms with Gasteiger partial charge in [0.1, 0.15) is 23.9 Å². The number of nitrogens with zero attached hydrogens (tertiary/aromatic N) is 3. The first-order valence-corrected chi connectivity index (χ1v) is 15.9. The summed E-state index contributed by atoms with van der Waals surface area (Å²) in [6, 6.07) is -3.88. The summed E-state index contributed by atoms with van der Waals surface area (Å²) in [5.41, 5.74) is 0. The number of hydrogen-bond donors (Lipinski definition) is 1. The van der Waals surface area contributed by atoms with Crippen LogP contribution in [-0.2, 0) is 47.7 Å². The highest BCUT2D eigenvalue weighted by atomic mass is 16.6. The van der Waals surface area contributed by atoms with Crippen LogP contribution in [0.4, 0.5) is 0 Å². The van der Waals surface area contributed by atoms with Gasteiger partial charge < -0.3 is 28.8 Å². The van der Waals surface area contributed by atoms with Gasteiger partial charge in [-0.2, -0.15) is 0 Å². The summed E-state index contributed by atoms with van der Waals surface area (Å²) >= 11 is 0. The van der Waals surface area contributed by atoms with Gasteiger partial charge in [-0.15, -0.1) is 0 Å². The van der Waals surface area contributed by atoms with Crippen molar-refractivity contribution in [1.82, 2.24) is 0 Å². The molecule has 3 aliphatic rings. The summed E-state index contributed by atoms with van der Waals surface area (Å²) in [7, 11) is 0. The largest absolute Gasteiger partial charge is 0.466 e. The molecule has 0 radical (unpaired) electrons. The zero-order chi connectivity index (χ0) is 38.8. The molecule has 20 heteroatoms. The van der Waals surface area contributed by atoms with Gasteiger partial charge in [-0.3, -0.25) is 54.3 Å². The number of aliphatic hydroxyl groups excluding tert-OH is 1. The van der Waals surface area contributed by atoms with Crippen molar-refractivity contribution in [1.29, 1.82) is 0 Å². The van der Waals surface area contributed by atoms with Gasteiger partial charge in [-0.05, 0) is 52.2 Å². The van der Waals surface area contributed by atoms with Crippen molar-refractivity contribution >= 4 is 29.8 Å². The van der Waals surface area contributed by atoms with Crippen LogP contribution in [0.1, 0.15) is 53.9 Å². The maximum absolute atomic E-state index is 11.6. The Morgan fingerprint density at radius 2 is 0.882 bits per heavy atom. The van der Waals surface area contributed by atoms with Gasteiger partial charge >= 0.3 is 29.8 Å². The zero-order valence-corrected chi connectivity index (χ0v) is 28.7. The lowest BCUT2D eigenvalue weighted by molar-refractivity contribution is -0.539. The minimum absolute atomic E-state index is 0.154. The van der Waals surface area contributed by atoms with E-state index < -0.39 is 98.8 Å². The molecule has 3 rings (SSSR count). The average molecular weight is 730 g/mol. The fourth-order valence-electron chi connectivity index (χ4n) is 5.40. The molecule has 20 nitrogen and oxygen atoms in total. The molecule has 3 aliphatic carbocycles. The first kappa shape index (κ1) is 43.8. The SMILES string of the molecule is CCOC(=O)[C@@H]1CC=C[C@@H](O)[C@H]1[N+](=O)[O-].CCOC(=O)[C@@H]1CC=C[C@@H](OC(C)=O)[C@H]1[N+](=O)[O-].CCOC(=O)[C@H]1CC=C[C@H](OC(C)=O)[C@@H]1[N+](=O)[O-]. The zero-order valence-electron chi connectivity index (χ0n) is 28.7. The molecule has 0 fully saturated rings. The van der Waals surface area contributed by atoms with Crippen molar-refractivity contribution in [3.63, 3.8) is 0 Å². The molecular weight excluding hydrogens is 686 g/mol. The minimum atomic E-state index is -1.30. The van der Waals surface area contributed by atoms with Crippen molar-refractivity contribution in [3.8, 4) is 0 Å². The van der Waals surface area contributed by atoms with Crippen LogP contribution in [-0.4, -0.2) is 106 Å². The summed E-state index contributed by atoms with van der Waals surface area (Å²) < 4.78 is 24.0. The Kier molecular flexibility index (Phi) is 18.6. The topological polar surface area (TPSA) is 281 Å². The minimum Gasteiger partial charge on any atom is -0.466 e. The molecule has 1 N–H and O–H groups in total. The second-order valence-electron chi connectivity index (χ2n) is 11.0. The van der Waals surface area contributed by atoms with E-state index in [-0.39, 0.29) is 39.1 Å². The van der Waals surface area contributed by atoms with Crippen molar-refractivity contribution in [3.05, 3.63) is 66.8 Å². The molecular formula is C31H43N3O17. The lowest BCUT2D eigenvalue weighted by atomic mass is 9.87. The Morgan fingerprint density at radius 3 is 1.16 bits per heavy atom. The first-order valence-electron chi connectivity index (χ1n) is 15.9. The Hall–Kier alpha value is -5.27. The van der Waals surface area contributed by atoms with Gasteiger partial charge in [-0.25, -0.2) is 0 Å². The van der Waals surface area contributed by atoms with E-state index >= 15 is 0 Å². The number of hydrogen-bond acceptors (Lipinski definition) is 17. The van der Waals surface area contributed by atoms with Crippen LogP contribution in [0, 0.1) is 48.1 Å². The van der Waals surface area contributed by atoms with Crippen molar-refractivity contribution in [2.75, 3.05) is 19.8 Å². The standard InChI is InChI=1S/2C11H15NO6.C9H13NO5/c2*1-3-17-11(14)8-5-4-6-9(18-7(2)13)10(8)12(15)16;1-2-15-9(12)6-4-3-5-7(11)8(6)10(13)14/h2*4,6,8-10H,3,5H2,1-2H3;3,5-8,11H,2,4H2,1H3/t2*8-,9-,10+;6-,7-,8+/m101/s1. The number of carbonyl (C=O) groups is 5. The highest BCUT2D eigenvalue weighted by Crippen LogP contribution is 2.27. The molecule has 0 aromatic rings. The van der Waals surface area contributed by atoms with E-state index in [2.05, 4.69) is 0 Å². The molecule has 0 aromatic heterocycles. The van der Waals surface area contributed by atoms with Gasteiger partial charge in [-0.1, -0.05) is 24.3 Å². The van der Waals surface area contributed by atoms with Crippen LogP contribution in [0.15, 0.2) is 36.5 Å². The molecule has 0 saturated carbocycles. The lowest BCUT2D eigenvalue weighted by Crippen LogP contribution is -2.46. The highest BCUT2D eigenvalue weighted by Gasteiger charge is 2.48. The normalized spacial score (nSPS) is 27.5. The summed E-state index contributed by atoms with van der Waals surface area (Å²) in [5, 5.41) is 42.2. The third kappa shape index (κ3) is 13.5. The highest BCUT2D eigenvalue weighted by molar-refractivity contribution is 5.75. The number of ether oxygens (including phenoxy) is 5.